The summed E-state index contributed by atoms with van der Waals surface area (Å²) in [6.07, 6.45) is 14.5. The maximum atomic E-state index is 10.1. The molecule has 0 aromatic heterocycles. The largest absolute Gasteiger partial charge is 1.00 e. The van der Waals surface area contributed by atoms with Crippen molar-refractivity contribution < 1.29 is 39.5 Å². The molecule has 0 amide bonds. The smallest absolute Gasteiger partial charge is 0.550 e. The van der Waals surface area contributed by atoms with E-state index in [2.05, 4.69) is 11.9 Å². The molecule has 19 heavy (non-hydrogen) atoms. The number of hydrogen-bond acceptors (Lipinski definition) is 3. The molecule has 0 aliphatic rings. The molecule has 0 aliphatic heterocycles. The summed E-state index contributed by atoms with van der Waals surface area (Å²) in [5.74, 6) is -1.05. The molecular weight excluding hydrogens is 249 g/mol. The SMILES string of the molecule is CCCCCCCCCCCCN=CCC(=O)[O-].[Na+]. The Morgan fingerprint density at radius 2 is 1.42 bits per heavy atom. The van der Waals surface area contributed by atoms with Crippen LogP contribution in [0.4, 0.5) is 0 Å². The summed E-state index contributed by atoms with van der Waals surface area (Å²) < 4.78 is 0. The van der Waals surface area contributed by atoms with Gasteiger partial charge >= 0.3 is 29.6 Å². The molecule has 0 heterocycles. The van der Waals surface area contributed by atoms with E-state index < -0.39 is 5.97 Å². The van der Waals surface area contributed by atoms with Crippen molar-refractivity contribution in [2.45, 2.75) is 77.6 Å². The summed E-state index contributed by atoms with van der Waals surface area (Å²) in [7, 11) is 0. The van der Waals surface area contributed by atoms with Gasteiger partial charge in [-0.3, -0.25) is 4.99 Å². The Bertz CT molecular complexity index is 220. The number of carbonyl (C=O) groups is 1. The fourth-order valence-electron chi connectivity index (χ4n) is 1.92. The van der Waals surface area contributed by atoms with E-state index in [0.29, 0.717) is 0 Å². The van der Waals surface area contributed by atoms with Crippen molar-refractivity contribution in [1.29, 1.82) is 0 Å². The van der Waals surface area contributed by atoms with Crippen molar-refractivity contribution in [1.82, 2.24) is 0 Å². The van der Waals surface area contributed by atoms with E-state index in [4.69, 9.17) is 0 Å². The minimum Gasteiger partial charge on any atom is -0.550 e. The first-order valence-corrected chi connectivity index (χ1v) is 7.45. The Labute approximate surface area is 140 Å². The molecular formula is C15H28NNaO2. The van der Waals surface area contributed by atoms with Crippen molar-refractivity contribution >= 4 is 12.2 Å². The zero-order valence-corrected chi connectivity index (χ0v) is 14.8. The van der Waals surface area contributed by atoms with Gasteiger partial charge < -0.3 is 9.90 Å². The van der Waals surface area contributed by atoms with Crippen molar-refractivity contribution in [2.24, 2.45) is 4.99 Å². The standard InChI is InChI=1S/C15H29NO2.Na/c1-2-3-4-5-6-7-8-9-10-11-13-16-14-12-15(17)18;/h14H,2-13H2,1H3,(H,17,18);/q;+1/p-1. The van der Waals surface area contributed by atoms with Crippen molar-refractivity contribution in [3.05, 3.63) is 0 Å². The van der Waals surface area contributed by atoms with Crippen LogP contribution in [0.5, 0.6) is 0 Å². The van der Waals surface area contributed by atoms with Crippen LogP contribution >= 0.6 is 0 Å². The number of rotatable bonds is 13. The quantitative estimate of drug-likeness (QED) is 0.273. The van der Waals surface area contributed by atoms with Crippen LogP contribution < -0.4 is 34.7 Å². The molecule has 3 nitrogen and oxygen atoms in total. The van der Waals surface area contributed by atoms with Crippen LogP contribution in [0, 0.1) is 0 Å². The predicted molar refractivity (Wildman–Crippen MR) is 74.8 cm³/mol. The number of carboxylic acids is 1. The van der Waals surface area contributed by atoms with Crippen LogP contribution in [-0.2, 0) is 4.79 Å². The second-order valence-electron chi connectivity index (χ2n) is 4.85. The molecule has 4 heteroatoms. The summed E-state index contributed by atoms with van der Waals surface area (Å²) in [5.41, 5.74) is 0. The Balaban J connectivity index is 0. The number of aliphatic imine (C=N–C) groups is 1. The predicted octanol–water partition coefficient (Wildman–Crippen LogP) is 0.122. The van der Waals surface area contributed by atoms with Gasteiger partial charge in [-0.15, -0.1) is 0 Å². The first-order chi connectivity index (χ1) is 8.77. The topological polar surface area (TPSA) is 52.5 Å². The molecule has 0 N–H and O–H groups in total. The van der Waals surface area contributed by atoms with E-state index in [1.807, 2.05) is 0 Å². The van der Waals surface area contributed by atoms with Gasteiger partial charge in [0, 0.05) is 25.1 Å². The third kappa shape index (κ3) is 20.6. The Morgan fingerprint density at radius 3 is 1.89 bits per heavy atom. The Morgan fingerprint density at radius 1 is 0.947 bits per heavy atom. The van der Waals surface area contributed by atoms with Gasteiger partial charge in [0.05, 0.1) is 0 Å². The summed E-state index contributed by atoms with van der Waals surface area (Å²) in [6.45, 7) is 3.00. The molecule has 0 unspecified atom stereocenters. The Kier molecular flexibility index (Phi) is 20.5. The maximum Gasteiger partial charge on any atom is 1.00 e. The van der Waals surface area contributed by atoms with Crippen LogP contribution in [0.2, 0.25) is 0 Å². The molecule has 0 fully saturated rings. The van der Waals surface area contributed by atoms with E-state index in [0.717, 1.165) is 13.0 Å². The third-order valence-corrected chi connectivity index (χ3v) is 3.03. The second-order valence-corrected chi connectivity index (χ2v) is 4.85. The number of hydrogen-bond donors (Lipinski definition) is 0. The maximum absolute atomic E-state index is 10.1. The van der Waals surface area contributed by atoms with Crippen LogP contribution in [0.3, 0.4) is 0 Å². The third-order valence-electron chi connectivity index (χ3n) is 3.03. The molecule has 0 spiro atoms. The number of carbonyl (C=O) groups excluding carboxylic acids is 1. The fourth-order valence-corrected chi connectivity index (χ4v) is 1.92. The molecule has 0 rings (SSSR count). The summed E-state index contributed by atoms with van der Waals surface area (Å²) in [6, 6.07) is 0. The number of aliphatic carboxylic acids is 1. The molecule has 0 aromatic rings. The minimum absolute atomic E-state index is 0. The molecule has 0 bridgehead atoms. The number of unbranched alkanes of at least 4 members (excludes halogenated alkanes) is 9. The zero-order chi connectivity index (χ0) is 13.5. The van der Waals surface area contributed by atoms with E-state index in [9.17, 15) is 9.90 Å². The van der Waals surface area contributed by atoms with E-state index in [1.165, 1.54) is 64.0 Å². The average molecular weight is 277 g/mol. The molecule has 0 radical (unpaired) electrons. The molecule has 0 saturated heterocycles. The first-order valence-electron chi connectivity index (χ1n) is 7.45. The van der Waals surface area contributed by atoms with Gasteiger partial charge in [0.2, 0.25) is 0 Å². The van der Waals surface area contributed by atoms with Crippen LogP contribution in [-0.4, -0.2) is 18.7 Å². The molecule has 0 aromatic carbocycles. The fraction of sp³-hybridized carbons (Fsp3) is 0.867. The van der Waals surface area contributed by atoms with Gasteiger partial charge in [-0.05, 0) is 6.42 Å². The van der Waals surface area contributed by atoms with Gasteiger partial charge in [0.25, 0.3) is 0 Å². The number of carboxylic acid groups (broad SMARTS) is 1. The molecule has 0 atom stereocenters. The van der Waals surface area contributed by atoms with Crippen molar-refractivity contribution in [3.63, 3.8) is 0 Å². The average Bonchev–Trinajstić information content (AvgIpc) is 2.34. The van der Waals surface area contributed by atoms with Gasteiger partial charge in [0.15, 0.2) is 0 Å². The van der Waals surface area contributed by atoms with E-state index in [1.54, 1.807) is 0 Å². The van der Waals surface area contributed by atoms with Crippen molar-refractivity contribution in [2.75, 3.05) is 6.54 Å². The molecule has 0 saturated carbocycles. The van der Waals surface area contributed by atoms with E-state index in [-0.39, 0.29) is 36.0 Å². The normalized spacial score (nSPS) is 10.6. The number of nitrogens with zero attached hydrogens (tertiary/aromatic N) is 1. The summed E-state index contributed by atoms with van der Waals surface area (Å²) >= 11 is 0. The van der Waals surface area contributed by atoms with Crippen LogP contribution in [0.25, 0.3) is 0 Å². The zero-order valence-electron chi connectivity index (χ0n) is 12.8. The second kappa shape index (κ2) is 18.1. The minimum atomic E-state index is -1.05. The van der Waals surface area contributed by atoms with Gasteiger partial charge in [-0.2, -0.15) is 0 Å². The van der Waals surface area contributed by atoms with Gasteiger partial charge in [0.1, 0.15) is 0 Å². The van der Waals surface area contributed by atoms with E-state index >= 15 is 0 Å². The first kappa shape index (κ1) is 21.4. The molecule has 106 valence electrons. The monoisotopic (exact) mass is 277 g/mol. The van der Waals surface area contributed by atoms with Crippen LogP contribution in [0.1, 0.15) is 77.6 Å². The summed E-state index contributed by atoms with van der Waals surface area (Å²) in [4.78, 5) is 14.1. The van der Waals surface area contributed by atoms with Crippen molar-refractivity contribution in [3.8, 4) is 0 Å². The van der Waals surface area contributed by atoms with Gasteiger partial charge in [-0.1, -0.05) is 64.7 Å². The summed E-state index contributed by atoms with van der Waals surface area (Å²) in [5, 5.41) is 10.1. The molecule has 0 aliphatic carbocycles. The van der Waals surface area contributed by atoms with Crippen LogP contribution in [0.15, 0.2) is 4.99 Å². The Hall–Kier alpha value is 0.140. The van der Waals surface area contributed by atoms with Gasteiger partial charge in [-0.25, -0.2) is 0 Å².